The van der Waals surface area contributed by atoms with Crippen molar-refractivity contribution in [3.05, 3.63) is 64.5 Å². The average Bonchev–Trinajstić information content (AvgIpc) is 2.92. The van der Waals surface area contributed by atoms with E-state index in [1.807, 2.05) is 25.1 Å². The van der Waals surface area contributed by atoms with Gasteiger partial charge in [-0.1, -0.05) is 51.0 Å². The number of hydrogen-bond acceptors (Lipinski definition) is 5. The van der Waals surface area contributed by atoms with Gasteiger partial charge in [-0.05, 0) is 60.5 Å². The first-order chi connectivity index (χ1) is 18.0. The highest BCUT2D eigenvalue weighted by molar-refractivity contribution is 7.89. The fourth-order valence-electron chi connectivity index (χ4n) is 4.48. The van der Waals surface area contributed by atoms with Crippen molar-refractivity contribution in [2.75, 3.05) is 32.9 Å². The molecule has 0 radical (unpaired) electrons. The van der Waals surface area contributed by atoms with Crippen molar-refractivity contribution in [2.24, 2.45) is 0 Å². The number of H-pyrrole nitrogens is 1. The van der Waals surface area contributed by atoms with E-state index in [4.69, 9.17) is 9.47 Å². The number of sulfonamides is 1. The third-order valence-electron chi connectivity index (χ3n) is 6.50. The van der Waals surface area contributed by atoms with E-state index in [9.17, 15) is 13.2 Å². The zero-order valence-electron chi connectivity index (χ0n) is 21.7. The molecule has 0 spiro atoms. The molecule has 1 saturated heterocycles. The first kappa shape index (κ1) is 27.1. The number of fused-ring (bicyclic) bond motifs is 1. The predicted molar refractivity (Wildman–Crippen MR) is 149 cm³/mol. The van der Waals surface area contributed by atoms with Gasteiger partial charge in [0.1, 0.15) is 5.75 Å². The highest BCUT2D eigenvalue weighted by atomic mass is 32.2. The fraction of sp³-hybridized carbons (Fsp3) is 0.414. The van der Waals surface area contributed by atoms with Gasteiger partial charge in [0.05, 0.1) is 30.4 Å². The van der Waals surface area contributed by atoms with Crippen LogP contribution in [-0.2, 0) is 14.8 Å². The van der Waals surface area contributed by atoms with Gasteiger partial charge < -0.3 is 14.5 Å². The van der Waals surface area contributed by atoms with E-state index in [0.29, 0.717) is 55.3 Å². The van der Waals surface area contributed by atoms with Gasteiger partial charge in [0.2, 0.25) is 10.0 Å². The van der Waals surface area contributed by atoms with Crippen molar-refractivity contribution < 1.29 is 17.9 Å². The lowest BCUT2D eigenvalue weighted by atomic mass is 10.0. The number of rotatable bonds is 11. The van der Waals surface area contributed by atoms with Crippen LogP contribution in [0.4, 0.5) is 0 Å². The van der Waals surface area contributed by atoms with Crippen LogP contribution in [0.5, 0.6) is 5.75 Å². The number of nitrogens with one attached hydrogen (secondary N) is 1. The summed E-state index contributed by atoms with van der Waals surface area (Å²) in [6, 6.07) is 12.5. The van der Waals surface area contributed by atoms with Crippen LogP contribution in [0.3, 0.4) is 0 Å². The Bertz CT molecular complexity index is 1410. The predicted octanol–water partition coefficient (Wildman–Crippen LogP) is 5.60. The summed E-state index contributed by atoms with van der Waals surface area (Å²) in [6.45, 7) is 6.04. The molecule has 2 heterocycles. The lowest BCUT2D eigenvalue weighted by Crippen LogP contribution is -2.40. The summed E-state index contributed by atoms with van der Waals surface area (Å²) in [5, 5.41) is 1.41. The molecule has 8 heteroatoms. The molecule has 7 nitrogen and oxygen atoms in total. The number of hydrogen-bond donors (Lipinski definition) is 1. The second-order valence-corrected chi connectivity index (χ2v) is 11.2. The second-order valence-electron chi connectivity index (χ2n) is 9.24. The minimum absolute atomic E-state index is 0.165. The van der Waals surface area contributed by atoms with E-state index in [-0.39, 0.29) is 10.5 Å². The SMILES string of the molecule is CCCCC/C=C/c1cccc2c(=O)[nH]c(-c3cc(S(=O)(=O)N4CCOCC4)ccc3OCCC)cc12. The Balaban J connectivity index is 1.80. The highest BCUT2D eigenvalue weighted by Crippen LogP contribution is 2.34. The smallest absolute Gasteiger partial charge is 0.256 e. The zero-order valence-corrected chi connectivity index (χ0v) is 22.5. The second kappa shape index (κ2) is 12.5. The molecule has 0 aliphatic carbocycles. The Hall–Kier alpha value is -2.94. The molecule has 0 saturated carbocycles. The first-order valence-electron chi connectivity index (χ1n) is 13.1. The molecule has 1 aromatic heterocycles. The van der Waals surface area contributed by atoms with Crippen molar-refractivity contribution >= 4 is 26.9 Å². The summed E-state index contributed by atoms with van der Waals surface area (Å²) in [7, 11) is -3.72. The van der Waals surface area contributed by atoms with Gasteiger partial charge in [-0.2, -0.15) is 4.31 Å². The monoisotopic (exact) mass is 524 g/mol. The van der Waals surface area contributed by atoms with Crippen LogP contribution >= 0.6 is 0 Å². The lowest BCUT2D eigenvalue weighted by Gasteiger charge is -2.26. The van der Waals surface area contributed by atoms with Gasteiger partial charge in [0.15, 0.2) is 0 Å². The van der Waals surface area contributed by atoms with Gasteiger partial charge in [-0.3, -0.25) is 4.79 Å². The van der Waals surface area contributed by atoms with Crippen molar-refractivity contribution in [3.8, 4) is 17.0 Å². The Morgan fingerprint density at radius 3 is 2.59 bits per heavy atom. The third-order valence-corrected chi connectivity index (χ3v) is 8.40. The summed E-state index contributed by atoms with van der Waals surface area (Å²) in [5.74, 6) is 0.533. The summed E-state index contributed by atoms with van der Waals surface area (Å²) in [4.78, 5) is 16.3. The minimum atomic E-state index is -3.72. The minimum Gasteiger partial charge on any atom is -0.493 e. The maximum absolute atomic E-state index is 13.4. The van der Waals surface area contributed by atoms with E-state index in [0.717, 1.165) is 30.2 Å². The molecule has 1 N–H and O–H groups in total. The van der Waals surface area contributed by atoms with Crippen molar-refractivity contribution in [3.63, 3.8) is 0 Å². The summed E-state index contributed by atoms with van der Waals surface area (Å²) < 4.78 is 39.5. The van der Waals surface area contributed by atoms with Gasteiger partial charge >= 0.3 is 0 Å². The molecule has 0 unspecified atom stereocenters. The Morgan fingerprint density at radius 1 is 1.03 bits per heavy atom. The number of aromatic nitrogens is 1. The molecule has 37 heavy (non-hydrogen) atoms. The average molecular weight is 525 g/mol. The molecule has 0 bridgehead atoms. The largest absolute Gasteiger partial charge is 0.493 e. The van der Waals surface area contributed by atoms with Gasteiger partial charge in [0, 0.05) is 24.0 Å². The number of aromatic amines is 1. The van der Waals surface area contributed by atoms with E-state index in [2.05, 4.69) is 24.1 Å². The number of allylic oxidation sites excluding steroid dienone is 1. The summed E-state index contributed by atoms with van der Waals surface area (Å²) in [5.41, 5.74) is 1.80. The van der Waals surface area contributed by atoms with Crippen LogP contribution in [0.15, 0.2) is 58.2 Å². The number of ether oxygens (including phenoxy) is 2. The highest BCUT2D eigenvalue weighted by Gasteiger charge is 2.27. The van der Waals surface area contributed by atoms with Crippen LogP contribution < -0.4 is 10.3 Å². The third kappa shape index (κ3) is 6.32. The molecule has 0 amide bonds. The quantitative estimate of drug-likeness (QED) is 0.330. The van der Waals surface area contributed by atoms with E-state index in [1.54, 1.807) is 24.3 Å². The van der Waals surface area contributed by atoms with Crippen molar-refractivity contribution in [2.45, 2.75) is 50.8 Å². The van der Waals surface area contributed by atoms with Gasteiger partial charge in [0.25, 0.3) is 5.56 Å². The molecule has 1 fully saturated rings. The Labute approximate surface area is 219 Å². The number of pyridine rings is 1. The maximum Gasteiger partial charge on any atom is 0.256 e. The van der Waals surface area contributed by atoms with E-state index >= 15 is 0 Å². The van der Waals surface area contributed by atoms with Crippen LogP contribution in [0.1, 0.15) is 51.5 Å². The molecule has 198 valence electrons. The Morgan fingerprint density at radius 2 is 1.84 bits per heavy atom. The van der Waals surface area contributed by atoms with Crippen LogP contribution in [0.25, 0.3) is 28.1 Å². The molecule has 1 aliphatic heterocycles. The number of nitrogens with zero attached hydrogens (tertiary/aromatic N) is 1. The number of benzene rings is 2. The maximum atomic E-state index is 13.4. The van der Waals surface area contributed by atoms with E-state index in [1.165, 1.54) is 17.1 Å². The lowest BCUT2D eigenvalue weighted by molar-refractivity contribution is 0.0730. The van der Waals surface area contributed by atoms with E-state index < -0.39 is 10.0 Å². The molecular formula is C29H36N2O5S. The van der Waals surface area contributed by atoms with Crippen LogP contribution in [0, 0.1) is 0 Å². The number of morpholine rings is 1. The Kier molecular flexibility index (Phi) is 9.18. The molecule has 1 aliphatic rings. The van der Waals surface area contributed by atoms with Crippen molar-refractivity contribution in [1.82, 2.24) is 9.29 Å². The van der Waals surface area contributed by atoms with Crippen molar-refractivity contribution in [1.29, 1.82) is 0 Å². The standard InChI is InChI=1S/C29H36N2O5S/c1-3-5-6-7-8-10-22-11-9-12-24-25(22)21-27(30-29(24)32)26-20-23(13-14-28(26)36-17-4-2)37(33,34)31-15-18-35-19-16-31/h8-14,20-21H,3-7,15-19H2,1-2H3,(H,30,32)/b10-8+. The van der Waals surface area contributed by atoms with Crippen LogP contribution in [-0.4, -0.2) is 50.6 Å². The van der Waals surface area contributed by atoms with Gasteiger partial charge in [-0.25, -0.2) is 8.42 Å². The molecule has 3 aromatic rings. The zero-order chi connectivity index (χ0) is 26.3. The molecular weight excluding hydrogens is 488 g/mol. The van der Waals surface area contributed by atoms with Gasteiger partial charge in [-0.15, -0.1) is 0 Å². The summed E-state index contributed by atoms with van der Waals surface area (Å²) in [6.07, 6.45) is 9.49. The molecule has 4 rings (SSSR count). The summed E-state index contributed by atoms with van der Waals surface area (Å²) >= 11 is 0. The number of unbranched alkanes of at least 4 members (excludes halogenated alkanes) is 3. The fourth-order valence-corrected chi connectivity index (χ4v) is 5.91. The first-order valence-corrected chi connectivity index (χ1v) is 14.6. The van der Waals surface area contributed by atoms with Crippen LogP contribution in [0.2, 0.25) is 0 Å². The molecule has 0 atom stereocenters. The topological polar surface area (TPSA) is 88.7 Å². The molecule has 2 aromatic carbocycles. The normalized spacial score (nSPS) is 15.0.